The fourth-order valence-corrected chi connectivity index (χ4v) is 4.75. The number of benzene rings is 3. The summed E-state index contributed by atoms with van der Waals surface area (Å²) in [6.45, 7) is 0.979. The van der Waals surface area contributed by atoms with Crippen LogP contribution in [-0.4, -0.2) is 14.6 Å². The van der Waals surface area contributed by atoms with Crippen LogP contribution in [0.5, 0.6) is 5.75 Å². The van der Waals surface area contributed by atoms with Gasteiger partial charge in [-0.3, -0.25) is 4.40 Å². The van der Waals surface area contributed by atoms with Crippen molar-refractivity contribution in [1.82, 2.24) is 14.6 Å². The second-order valence-corrected chi connectivity index (χ2v) is 8.97. The Bertz CT molecular complexity index is 1410. The minimum absolute atomic E-state index is 0. The Morgan fingerprint density at radius 1 is 0.912 bits per heavy atom. The van der Waals surface area contributed by atoms with Crippen LogP contribution in [0.1, 0.15) is 11.1 Å². The largest absolute Gasteiger partial charge is 0.489 e. The van der Waals surface area contributed by atoms with Crippen molar-refractivity contribution < 1.29 is 4.74 Å². The smallest absolute Gasteiger partial charge is 0.169 e. The summed E-state index contributed by atoms with van der Waals surface area (Å²) in [6, 6.07) is 27.8. The molecule has 2 aromatic heterocycles. The lowest BCUT2D eigenvalue weighted by Gasteiger charge is -2.10. The van der Waals surface area contributed by atoms with Crippen LogP contribution in [-0.2, 0) is 13.2 Å². The highest BCUT2D eigenvalue weighted by atomic mass is 35.5. The standard InChI is InChI=1S/C26H21ClN4OS.ClH/c27-23-14-20(32-17-18-6-2-1-3-7-18)10-12-22(23)26-30-29-25-13-11-21(16-31(25)26)33-24-9-5-4-8-19(24)15-28;/h1-14,16H,15,17,28H2;1H. The normalized spacial score (nSPS) is 10.8. The Balaban J connectivity index is 0.00000274. The number of ether oxygens (including phenoxy) is 1. The molecule has 0 aliphatic rings. The van der Waals surface area contributed by atoms with Crippen LogP contribution in [0.2, 0.25) is 5.02 Å². The molecule has 172 valence electrons. The van der Waals surface area contributed by atoms with E-state index in [0.717, 1.165) is 32.1 Å². The third kappa shape index (κ3) is 5.21. The molecule has 0 aliphatic carbocycles. The molecular formula is C26H22Cl2N4OS. The van der Waals surface area contributed by atoms with Gasteiger partial charge in [0.25, 0.3) is 0 Å². The molecule has 0 bridgehead atoms. The van der Waals surface area contributed by atoms with Crippen molar-refractivity contribution in [2.45, 2.75) is 22.9 Å². The molecule has 5 aromatic rings. The molecule has 2 N–H and O–H groups in total. The molecule has 0 fully saturated rings. The van der Waals surface area contributed by atoms with Gasteiger partial charge >= 0.3 is 0 Å². The van der Waals surface area contributed by atoms with E-state index in [2.05, 4.69) is 16.3 Å². The second kappa shape index (κ2) is 10.9. The third-order valence-corrected chi connectivity index (χ3v) is 6.63. The van der Waals surface area contributed by atoms with Gasteiger partial charge in [-0.05, 0) is 47.5 Å². The molecular weight excluding hydrogens is 487 g/mol. The van der Waals surface area contributed by atoms with Crippen molar-refractivity contribution in [1.29, 1.82) is 0 Å². The zero-order chi connectivity index (χ0) is 22.6. The van der Waals surface area contributed by atoms with Crippen LogP contribution in [0.15, 0.2) is 101 Å². The van der Waals surface area contributed by atoms with Gasteiger partial charge in [-0.15, -0.1) is 22.6 Å². The first-order valence-electron chi connectivity index (χ1n) is 10.5. The van der Waals surface area contributed by atoms with Gasteiger partial charge in [-0.25, -0.2) is 0 Å². The van der Waals surface area contributed by atoms with Gasteiger partial charge in [0, 0.05) is 28.1 Å². The maximum atomic E-state index is 6.63. The van der Waals surface area contributed by atoms with Gasteiger partial charge < -0.3 is 10.5 Å². The number of halogens is 2. The summed E-state index contributed by atoms with van der Waals surface area (Å²) in [7, 11) is 0. The summed E-state index contributed by atoms with van der Waals surface area (Å²) in [5.74, 6) is 1.38. The van der Waals surface area contributed by atoms with E-state index in [0.29, 0.717) is 29.7 Å². The molecule has 5 rings (SSSR count). The molecule has 3 aromatic carbocycles. The maximum absolute atomic E-state index is 6.63. The van der Waals surface area contributed by atoms with E-state index in [9.17, 15) is 0 Å². The zero-order valence-electron chi connectivity index (χ0n) is 18.1. The van der Waals surface area contributed by atoms with E-state index in [1.807, 2.05) is 89.5 Å². The number of hydrogen-bond acceptors (Lipinski definition) is 5. The summed E-state index contributed by atoms with van der Waals surface area (Å²) >= 11 is 8.29. The van der Waals surface area contributed by atoms with Crippen LogP contribution in [0, 0.1) is 0 Å². The lowest BCUT2D eigenvalue weighted by atomic mass is 10.2. The average molecular weight is 509 g/mol. The van der Waals surface area contributed by atoms with E-state index in [-0.39, 0.29) is 12.4 Å². The van der Waals surface area contributed by atoms with Gasteiger partial charge in [-0.2, -0.15) is 0 Å². The van der Waals surface area contributed by atoms with Gasteiger partial charge in [0.1, 0.15) is 12.4 Å². The topological polar surface area (TPSA) is 65.4 Å². The molecule has 0 unspecified atom stereocenters. The quantitative estimate of drug-likeness (QED) is 0.266. The summed E-state index contributed by atoms with van der Waals surface area (Å²) in [5.41, 5.74) is 9.65. The Kier molecular flexibility index (Phi) is 7.75. The van der Waals surface area contributed by atoms with Gasteiger partial charge in [0.15, 0.2) is 11.5 Å². The first-order chi connectivity index (χ1) is 16.2. The average Bonchev–Trinajstić information content (AvgIpc) is 3.27. The van der Waals surface area contributed by atoms with Crippen molar-refractivity contribution in [2.24, 2.45) is 5.73 Å². The van der Waals surface area contributed by atoms with Gasteiger partial charge in [0.05, 0.1) is 5.02 Å². The Morgan fingerprint density at radius 3 is 2.50 bits per heavy atom. The fraction of sp³-hybridized carbons (Fsp3) is 0.0769. The van der Waals surface area contributed by atoms with Crippen LogP contribution in [0.4, 0.5) is 0 Å². The Hall–Kier alpha value is -3.03. The van der Waals surface area contributed by atoms with E-state index in [1.165, 1.54) is 0 Å². The predicted octanol–water partition coefficient (Wildman–Crippen LogP) is 6.66. The van der Waals surface area contributed by atoms with Crippen molar-refractivity contribution in [3.8, 4) is 17.1 Å². The SMILES string of the molecule is Cl.NCc1ccccc1Sc1ccc2nnc(-c3ccc(OCc4ccccc4)cc3Cl)n2c1. The fourth-order valence-electron chi connectivity index (χ4n) is 3.52. The lowest BCUT2D eigenvalue weighted by Crippen LogP contribution is -1.98. The molecule has 0 aliphatic heterocycles. The van der Waals surface area contributed by atoms with Crippen LogP contribution in [0.3, 0.4) is 0 Å². The Morgan fingerprint density at radius 2 is 1.71 bits per heavy atom. The van der Waals surface area contributed by atoms with Gasteiger partial charge in [-0.1, -0.05) is 71.9 Å². The Labute approximate surface area is 213 Å². The van der Waals surface area contributed by atoms with Crippen LogP contribution in [0.25, 0.3) is 17.0 Å². The number of fused-ring (bicyclic) bond motifs is 1. The molecule has 0 saturated carbocycles. The van der Waals surface area contributed by atoms with Crippen molar-refractivity contribution >= 4 is 41.4 Å². The van der Waals surface area contributed by atoms with Crippen LogP contribution < -0.4 is 10.5 Å². The second-order valence-electron chi connectivity index (χ2n) is 7.45. The number of aromatic nitrogens is 3. The summed E-state index contributed by atoms with van der Waals surface area (Å²) < 4.78 is 7.86. The van der Waals surface area contributed by atoms with Crippen molar-refractivity contribution in [2.75, 3.05) is 0 Å². The molecule has 8 heteroatoms. The molecule has 5 nitrogen and oxygen atoms in total. The number of pyridine rings is 1. The molecule has 0 spiro atoms. The first kappa shape index (κ1) is 24.1. The predicted molar refractivity (Wildman–Crippen MR) is 140 cm³/mol. The van der Waals surface area contributed by atoms with E-state index >= 15 is 0 Å². The molecule has 0 saturated heterocycles. The number of nitrogens with zero attached hydrogens (tertiary/aromatic N) is 3. The zero-order valence-corrected chi connectivity index (χ0v) is 20.5. The molecule has 0 atom stereocenters. The summed E-state index contributed by atoms with van der Waals surface area (Å²) in [5, 5.41) is 9.26. The number of hydrogen-bond donors (Lipinski definition) is 1. The molecule has 2 heterocycles. The van der Waals surface area contributed by atoms with Crippen LogP contribution >= 0.6 is 35.8 Å². The van der Waals surface area contributed by atoms with Crippen molar-refractivity contribution in [3.63, 3.8) is 0 Å². The molecule has 0 radical (unpaired) electrons. The minimum atomic E-state index is 0. The van der Waals surface area contributed by atoms with E-state index in [4.69, 9.17) is 22.1 Å². The van der Waals surface area contributed by atoms with Gasteiger partial charge in [0.2, 0.25) is 0 Å². The van der Waals surface area contributed by atoms with Crippen molar-refractivity contribution in [3.05, 3.63) is 107 Å². The number of nitrogens with two attached hydrogens (primary N) is 1. The molecule has 0 amide bonds. The third-order valence-electron chi connectivity index (χ3n) is 5.23. The number of rotatable bonds is 7. The highest BCUT2D eigenvalue weighted by Crippen LogP contribution is 2.34. The lowest BCUT2D eigenvalue weighted by molar-refractivity contribution is 0.306. The highest BCUT2D eigenvalue weighted by Gasteiger charge is 2.14. The minimum Gasteiger partial charge on any atom is -0.489 e. The summed E-state index contributed by atoms with van der Waals surface area (Å²) in [6.07, 6.45) is 2.03. The molecule has 34 heavy (non-hydrogen) atoms. The monoisotopic (exact) mass is 508 g/mol. The highest BCUT2D eigenvalue weighted by molar-refractivity contribution is 7.99. The van der Waals surface area contributed by atoms with E-state index in [1.54, 1.807) is 11.8 Å². The first-order valence-corrected chi connectivity index (χ1v) is 11.7. The van der Waals surface area contributed by atoms with E-state index < -0.39 is 0 Å². The maximum Gasteiger partial charge on any atom is 0.169 e. The summed E-state index contributed by atoms with van der Waals surface area (Å²) in [4.78, 5) is 2.19.